The first-order valence-corrected chi connectivity index (χ1v) is 6.92. The van der Waals surface area contributed by atoms with E-state index in [9.17, 15) is 5.11 Å². The highest BCUT2D eigenvalue weighted by Gasteiger charge is 2.24. The van der Waals surface area contributed by atoms with Gasteiger partial charge in [0, 0.05) is 19.1 Å². The summed E-state index contributed by atoms with van der Waals surface area (Å²) >= 11 is 0. The maximum absolute atomic E-state index is 9.32. The molecule has 1 heterocycles. The average Bonchev–Trinajstić information content (AvgIpc) is 2.36. The molecule has 4 heteroatoms. The first-order chi connectivity index (χ1) is 8.17. The number of aliphatic hydroxyl groups is 2. The number of nitrogens with zero attached hydrogens (tertiary/aromatic N) is 1. The molecule has 3 atom stereocenters. The number of aliphatic hydroxyl groups excluding tert-OH is 2. The van der Waals surface area contributed by atoms with Crippen LogP contribution >= 0.6 is 0 Å². The van der Waals surface area contributed by atoms with Gasteiger partial charge in [0.05, 0.1) is 12.7 Å². The Morgan fingerprint density at radius 2 is 2.24 bits per heavy atom. The fourth-order valence-electron chi connectivity index (χ4n) is 2.57. The summed E-state index contributed by atoms with van der Waals surface area (Å²) in [6.45, 7) is 8.33. The van der Waals surface area contributed by atoms with Gasteiger partial charge in [0.1, 0.15) is 0 Å². The lowest BCUT2D eigenvalue weighted by molar-refractivity contribution is 0.0852. The predicted octanol–water partition coefficient (Wildman–Crippen LogP) is 0.440. The zero-order valence-electron chi connectivity index (χ0n) is 11.2. The molecule has 1 aliphatic rings. The Hall–Kier alpha value is -0.160. The van der Waals surface area contributed by atoms with Crippen LogP contribution in [0.2, 0.25) is 0 Å². The summed E-state index contributed by atoms with van der Waals surface area (Å²) in [5.41, 5.74) is 0. The van der Waals surface area contributed by atoms with Gasteiger partial charge in [-0.2, -0.15) is 0 Å². The summed E-state index contributed by atoms with van der Waals surface area (Å²) in [4.78, 5) is 2.54. The molecule has 0 bridgehead atoms. The molecule has 1 fully saturated rings. The molecule has 0 amide bonds. The number of likely N-dealkylation sites (tertiary alicyclic amines) is 1. The molecule has 17 heavy (non-hydrogen) atoms. The van der Waals surface area contributed by atoms with E-state index in [1.165, 1.54) is 32.4 Å². The van der Waals surface area contributed by atoms with E-state index in [2.05, 4.69) is 24.1 Å². The largest absolute Gasteiger partial charge is 0.394 e. The van der Waals surface area contributed by atoms with Crippen molar-refractivity contribution in [2.24, 2.45) is 5.92 Å². The third kappa shape index (κ3) is 5.34. The van der Waals surface area contributed by atoms with Gasteiger partial charge in [0.25, 0.3) is 0 Å². The van der Waals surface area contributed by atoms with Crippen LogP contribution in [0.1, 0.15) is 33.1 Å². The second kappa shape index (κ2) is 8.03. The van der Waals surface area contributed by atoms with Crippen LogP contribution in [0.15, 0.2) is 0 Å². The molecule has 3 unspecified atom stereocenters. The van der Waals surface area contributed by atoms with E-state index in [0.717, 1.165) is 6.54 Å². The maximum Gasteiger partial charge on any atom is 0.0895 e. The average molecular weight is 244 g/mol. The Balaban J connectivity index is 2.27. The molecule has 1 saturated heterocycles. The molecule has 0 aromatic rings. The molecule has 0 aromatic carbocycles. The Morgan fingerprint density at radius 3 is 2.88 bits per heavy atom. The minimum absolute atomic E-state index is 0.160. The molecule has 0 aliphatic carbocycles. The molecule has 1 aliphatic heterocycles. The molecule has 0 spiro atoms. The number of nitrogens with one attached hydrogen (secondary N) is 1. The van der Waals surface area contributed by atoms with Crippen molar-refractivity contribution in [3.05, 3.63) is 0 Å². The molecule has 0 saturated carbocycles. The second-order valence-electron chi connectivity index (χ2n) is 5.24. The van der Waals surface area contributed by atoms with E-state index in [1.54, 1.807) is 0 Å². The summed E-state index contributed by atoms with van der Waals surface area (Å²) < 4.78 is 0. The predicted molar refractivity (Wildman–Crippen MR) is 70.0 cm³/mol. The SMILES string of the molecule is CCCN1CCCC(C(C)NCC(O)CO)C1. The van der Waals surface area contributed by atoms with Crippen molar-refractivity contribution in [1.29, 1.82) is 0 Å². The van der Waals surface area contributed by atoms with E-state index in [-0.39, 0.29) is 6.61 Å². The highest BCUT2D eigenvalue weighted by atomic mass is 16.3. The normalized spacial score (nSPS) is 25.8. The summed E-state index contributed by atoms with van der Waals surface area (Å²) in [6.07, 6.45) is 3.13. The molecule has 0 aromatic heterocycles. The fraction of sp³-hybridized carbons (Fsp3) is 1.00. The van der Waals surface area contributed by atoms with Crippen LogP contribution in [0.25, 0.3) is 0 Å². The quantitative estimate of drug-likeness (QED) is 0.608. The smallest absolute Gasteiger partial charge is 0.0895 e. The zero-order chi connectivity index (χ0) is 12.7. The van der Waals surface area contributed by atoms with E-state index in [1.807, 2.05) is 0 Å². The standard InChI is InChI=1S/C13H28N2O2/c1-3-6-15-7-4-5-12(9-15)11(2)14-8-13(17)10-16/h11-14,16-17H,3-10H2,1-2H3. The van der Waals surface area contributed by atoms with E-state index < -0.39 is 6.10 Å². The van der Waals surface area contributed by atoms with Crippen molar-refractivity contribution >= 4 is 0 Å². The Labute approximate surface area is 105 Å². The van der Waals surface area contributed by atoms with Crippen LogP contribution in [0.4, 0.5) is 0 Å². The lowest BCUT2D eigenvalue weighted by atomic mass is 9.91. The van der Waals surface area contributed by atoms with Crippen molar-refractivity contribution in [2.75, 3.05) is 32.8 Å². The van der Waals surface area contributed by atoms with Gasteiger partial charge in [-0.25, -0.2) is 0 Å². The van der Waals surface area contributed by atoms with E-state index in [4.69, 9.17) is 5.11 Å². The molecule has 3 N–H and O–H groups in total. The third-order valence-electron chi connectivity index (χ3n) is 3.68. The Bertz CT molecular complexity index is 200. The van der Waals surface area contributed by atoms with Gasteiger partial charge in [0.2, 0.25) is 0 Å². The highest BCUT2D eigenvalue weighted by molar-refractivity contribution is 4.80. The third-order valence-corrected chi connectivity index (χ3v) is 3.68. The van der Waals surface area contributed by atoms with Crippen molar-refractivity contribution < 1.29 is 10.2 Å². The van der Waals surface area contributed by atoms with Gasteiger partial charge in [-0.3, -0.25) is 0 Å². The summed E-state index contributed by atoms with van der Waals surface area (Å²) in [5.74, 6) is 0.668. The minimum Gasteiger partial charge on any atom is -0.394 e. The number of piperidine rings is 1. The lowest BCUT2D eigenvalue weighted by Gasteiger charge is -2.36. The molecule has 1 rings (SSSR count). The Kier molecular flexibility index (Phi) is 7.04. The van der Waals surface area contributed by atoms with Crippen LogP contribution in [-0.2, 0) is 0 Å². The van der Waals surface area contributed by atoms with Crippen LogP contribution < -0.4 is 5.32 Å². The fourth-order valence-corrected chi connectivity index (χ4v) is 2.57. The Morgan fingerprint density at radius 1 is 1.47 bits per heavy atom. The molecule has 0 radical (unpaired) electrons. The van der Waals surface area contributed by atoms with Gasteiger partial charge in [-0.1, -0.05) is 6.92 Å². The van der Waals surface area contributed by atoms with Crippen LogP contribution in [-0.4, -0.2) is 60.0 Å². The first kappa shape index (κ1) is 14.9. The van der Waals surface area contributed by atoms with Gasteiger partial charge in [-0.05, 0) is 45.2 Å². The van der Waals surface area contributed by atoms with Crippen molar-refractivity contribution in [1.82, 2.24) is 10.2 Å². The number of rotatable bonds is 7. The summed E-state index contributed by atoms with van der Waals surface area (Å²) in [7, 11) is 0. The highest BCUT2D eigenvalue weighted by Crippen LogP contribution is 2.19. The van der Waals surface area contributed by atoms with Crippen LogP contribution in [0.5, 0.6) is 0 Å². The topological polar surface area (TPSA) is 55.7 Å². The molecule has 4 nitrogen and oxygen atoms in total. The first-order valence-electron chi connectivity index (χ1n) is 6.92. The van der Waals surface area contributed by atoms with E-state index in [0.29, 0.717) is 18.5 Å². The number of hydrogen-bond donors (Lipinski definition) is 3. The summed E-state index contributed by atoms with van der Waals surface area (Å²) in [5, 5.41) is 21.4. The van der Waals surface area contributed by atoms with Gasteiger partial charge in [-0.15, -0.1) is 0 Å². The van der Waals surface area contributed by atoms with Gasteiger partial charge < -0.3 is 20.4 Å². The van der Waals surface area contributed by atoms with Gasteiger partial charge in [0.15, 0.2) is 0 Å². The number of hydrogen-bond acceptors (Lipinski definition) is 4. The molecular weight excluding hydrogens is 216 g/mol. The second-order valence-corrected chi connectivity index (χ2v) is 5.24. The minimum atomic E-state index is -0.632. The van der Waals surface area contributed by atoms with Crippen molar-refractivity contribution in [2.45, 2.75) is 45.3 Å². The van der Waals surface area contributed by atoms with Crippen molar-refractivity contribution in [3.8, 4) is 0 Å². The van der Waals surface area contributed by atoms with Gasteiger partial charge >= 0.3 is 0 Å². The maximum atomic E-state index is 9.32. The molecule has 102 valence electrons. The van der Waals surface area contributed by atoms with Crippen molar-refractivity contribution in [3.63, 3.8) is 0 Å². The summed E-state index contributed by atoms with van der Waals surface area (Å²) in [6, 6.07) is 0.413. The van der Waals surface area contributed by atoms with E-state index >= 15 is 0 Å². The lowest BCUT2D eigenvalue weighted by Crippen LogP contribution is -2.46. The monoisotopic (exact) mass is 244 g/mol. The van der Waals surface area contributed by atoms with Crippen LogP contribution in [0.3, 0.4) is 0 Å². The molecular formula is C13H28N2O2. The van der Waals surface area contributed by atoms with Crippen LogP contribution in [0, 0.1) is 5.92 Å². The zero-order valence-corrected chi connectivity index (χ0v) is 11.2.